The van der Waals surface area contributed by atoms with E-state index in [0.717, 1.165) is 16.0 Å². The van der Waals surface area contributed by atoms with E-state index >= 15 is 0 Å². The molecule has 6 nitrogen and oxygen atoms in total. The summed E-state index contributed by atoms with van der Waals surface area (Å²) in [6.07, 6.45) is 0.713. The van der Waals surface area contributed by atoms with Gasteiger partial charge in [0.1, 0.15) is 12.4 Å². The lowest BCUT2D eigenvalue weighted by Gasteiger charge is -2.23. The number of benzene rings is 2. The van der Waals surface area contributed by atoms with Crippen LogP contribution in [0.2, 0.25) is 0 Å². The lowest BCUT2D eigenvalue weighted by atomic mass is 9.87. The second-order valence-electron chi connectivity index (χ2n) is 8.82. The third kappa shape index (κ3) is 7.76. The van der Waals surface area contributed by atoms with Crippen molar-refractivity contribution < 1.29 is 22.7 Å². The monoisotopic (exact) mass is 493 g/mol. The molecule has 0 unspecified atom stereocenters. The molecule has 0 saturated heterocycles. The predicted octanol–water partition coefficient (Wildman–Crippen LogP) is 5.04. The summed E-state index contributed by atoms with van der Waals surface area (Å²) in [5, 5.41) is 0. The summed E-state index contributed by atoms with van der Waals surface area (Å²) in [4.78, 5) is 12.6. The Morgan fingerprint density at radius 3 is 2.27 bits per heavy atom. The van der Waals surface area contributed by atoms with E-state index in [1.165, 1.54) is 23.2 Å². The second-order valence-corrected chi connectivity index (χ2v) is 11.8. The van der Waals surface area contributed by atoms with Crippen LogP contribution in [0.4, 0.5) is 0 Å². The van der Waals surface area contributed by atoms with Gasteiger partial charge in [-0.15, -0.1) is 11.8 Å². The number of sulfonamides is 1. The lowest BCUT2D eigenvalue weighted by molar-refractivity contribution is -0.137. The smallest absolute Gasteiger partial charge is 0.315 e. The number of aryl methyl sites for hydroxylation is 1. The molecule has 2 aromatic rings. The molecule has 33 heavy (non-hydrogen) atoms. The molecule has 0 aliphatic heterocycles. The van der Waals surface area contributed by atoms with Gasteiger partial charge < -0.3 is 9.47 Å². The Balaban J connectivity index is 2.03. The maximum Gasteiger partial charge on any atom is 0.315 e. The number of carbonyl (C=O) groups excluding carboxylic acids is 1. The number of esters is 1. The van der Waals surface area contributed by atoms with Crippen molar-refractivity contribution in [3.63, 3.8) is 0 Å². The summed E-state index contributed by atoms with van der Waals surface area (Å²) >= 11 is 1.41. The Morgan fingerprint density at radius 1 is 1.06 bits per heavy atom. The largest absolute Gasteiger partial charge is 0.492 e. The number of hydrogen-bond donors (Lipinski definition) is 0. The van der Waals surface area contributed by atoms with Crippen LogP contribution in [-0.4, -0.2) is 51.3 Å². The topological polar surface area (TPSA) is 72.9 Å². The molecule has 0 aromatic heterocycles. The highest BCUT2D eigenvalue weighted by Crippen LogP contribution is 2.27. The van der Waals surface area contributed by atoms with Gasteiger partial charge in [0, 0.05) is 18.0 Å². The predicted molar refractivity (Wildman–Crippen MR) is 134 cm³/mol. The number of ether oxygens (including phenoxy) is 2. The molecule has 0 saturated carbocycles. The minimum absolute atomic E-state index is 0.0370. The molecule has 0 fully saturated rings. The van der Waals surface area contributed by atoms with E-state index in [9.17, 15) is 13.2 Å². The SMILES string of the molecule is CCCN(CCOc1ccc(SCC(=O)OC)c(C)c1)S(=O)(=O)c1ccc(C(C)(C)C)cc1. The van der Waals surface area contributed by atoms with Crippen molar-refractivity contribution in [2.75, 3.05) is 32.6 Å². The Bertz CT molecular complexity index is 1030. The molecule has 0 N–H and O–H groups in total. The average molecular weight is 494 g/mol. The van der Waals surface area contributed by atoms with Crippen molar-refractivity contribution in [3.8, 4) is 5.75 Å². The molecule has 2 rings (SSSR count). The minimum Gasteiger partial charge on any atom is -0.492 e. The standard InChI is InChI=1S/C25H35NO5S2/c1-7-14-26(33(28,29)22-11-8-20(9-12-22)25(3,4)5)15-16-31-21-10-13-23(19(2)17-21)32-18-24(27)30-6/h8-13,17H,7,14-16,18H2,1-6H3. The zero-order valence-corrected chi connectivity index (χ0v) is 22.0. The van der Waals surface area contributed by atoms with Crippen LogP contribution < -0.4 is 4.74 Å². The van der Waals surface area contributed by atoms with E-state index in [1.54, 1.807) is 12.1 Å². The Labute approximate surface area is 202 Å². The number of carbonyl (C=O) groups is 1. The van der Waals surface area contributed by atoms with Gasteiger partial charge in [0.2, 0.25) is 10.0 Å². The molecule has 0 atom stereocenters. The van der Waals surface area contributed by atoms with Crippen LogP contribution in [0, 0.1) is 6.92 Å². The first-order valence-electron chi connectivity index (χ1n) is 11.0. The molecule has 0 radical (unpaired) electrons. The molecule has 8 heteroatoms. The maximum atomic E-state index is 13.2. The Kier molecular flexibility index (Phi) is 9.82. The highest BCUT2D eigenvalue weighted by atomic mass is 32.2. The molecule has 0 aliphatic rings. The van der Waals surface area contributed by atoms with Gasteiger partial charge in [0.15, 0.2) is 0 Å². The Morgan fingerprint density at radius 2 is 1.73 bits per heavy atom. The number of rotatable bonds is 11. The van der Waals surface area contributed by atoms with Gasteiger partial charge in [-0.25, -0.2) is 8.42 Å². The van der Waals surface area contributed by atoms with E-state index in [0.29, 0.717) is 23.6 Å². The fraction of sp³-hybridized carbons (Fsp3) is 0.480. The Hall–Kier alpha value is -2.03. The minimum atomic E-state index is -3.61. The van der Waals surface area contributed by atoms with E-state index in [2.05, 4.69) is 25.5 Å². The molecule has 0 aliphatic carbocycles. The first-order valence-corrected chi connectivity index (χ1v) is 13.5. The molecule has 0 bridgehead atoms. The lowest BCUT2D eigenvalue weighted by Crippen LogP contribution is -2.35. The van der Waals surface area contributed by atoms with E-state index in [-0.39, 0.29) is 30.3 Å². The van der Waals surface area contributed by atoms with E-state index in [4.69, 9.17) is 4.74 Å². The van der Waals surface area contributed by atoms with E-state index < -0.39 is 10.0 Å². The van der Waals surface area contributed by atoms with Crippen LogP contribution in [0.5, 0.6) is 5.75 Å². The molecule has 0 spiro atoms. The third-order valence-corrected chi connectivity index (χ3v) is 8.22. The summed E-state index contributed by atoms with van der Waals surface area (Å²) in [5.74, 6) is 0.640. The van der Waals surface area contributed by atoms with Crippen LogP contribution in [0.15, 0.2) is 52.3 Å². The van der Waals surface area contributed by atoms with Gasteiger partial charge in [0.05, 0.1) is 17.8 Å². The first-order chi connectivity index (χ1) is 15.5. The van der Waals surface area contributed by atoms with Gasteiger partial charge in [-0.2, -0.15) is 4.31 Å². The molecular formula is C25H35NO5S2. The van der Waals surface area contributed by atoms with Gasteiger partial charge in [-0.05, 0) is 60.2 Å². The van der Waals surface area contributed by atoms with Crippen molar-refractivity contribution in [2.45, 2.75) is 56.2 Å². The summed E-state index contributed by atoms with van der Waals surface area (Å²) in [7, 11) is -2.24. The van der Waals surface area contributed by atoms with Gasteiger partial charge in [0.25, 0.3) is 0 Å². The quantitative estimate of drug-likeness (QED) is 0.323. The van der Waals surface area contributed by atoms with Gasteiger partial charge >= 0.3 is 5.97 Å². The number of methoxy groups -OCH3 is 1. The van der Waals surface area contributed by atoms with Gasteiger partial charge in [-0.1, -0.05) is 39.8 Å². The molecule has 2 aromatic carbocycles. The fourth-order valence-corrected chi connectivity index (χ4v) is 5.57. The van der Waals surface area contributed by atoms with Crippen LogP contribution >= 0.6 is 11.8 Å². The fourth-order valence-electron chi connectivity index (χ4n) is 3.21. The van der Waals surface area contributed by atoms with Crippen molar-refractivity contribution in [3.05, 3.63) is 53.6 Å². The number of thioether (sulfide) groups is 1. The molecular weight excluding hydrogens is 458 g/mol. The summed E-state index contributed by atoms with van der Waals surface area (Å²) in [5.41, 5.74) is 2.04. The highest BCUT2D eigenvalue weighted by Gasteiger charge is 2.24. The zero-order valence-electron chi connectivity index (χ0n) is 20.4. The second kappa shape index (κ2) is 11.9. The average Bonchev–Trinajstić information content (AvgIpc) is 2.77. The molecule has 0 heterocycles. The zero-order chi connectivity index (χ0) is 24.6. The van der Waals surface area contributed by atoms with Gasteiger partial charge in [-0.3, -0.25) is 4.79 Å². The van der Waals surface area contributed by atoms with Crippen LogP contribution in [0.3, 0.4) is 0 Å². The third-order valence-electron chi connectivity index (χ3n) is 5.16. The van der Waals surface area contributed by atoms with Crippen molar-refractivity contribution in [1.29, 1.82) is 0 Å². The summed E-state index contributed by atoms with van der Waals surface area (Å²) in [6.45, 7) is 11.1. The van der Waals surface area contributed by atoms with Crippen molar-refractivity contribution in [2.24, 2.45) is 0 Å². The highest BCUT2D eigenvalue weighted by molar-refractivity contribution is 8.00. The number of nitrogens with zero attached hydrogens (tertiary/aromatic N) is 1. The van der Waals surface area contributed by atoms with Crippen LogP contribution in [0.25, 0.3) is 0 Å². The molecule has 0 amide bonds. The van der Waals surface area contributed by atoms with Crippen LogP contribution in [0.1, 0.15) is 45.2 Å². The number of hydrogen-bond acceptors (Lipinski definition) is 6. The van der Waals surface area contributed by atoms with Crippen molar-refractivity contribution >= 4 is 27.8 Å². The van der Waals surface area contributed by atoms with Crippen LogP contribution in [-0.2, 0) is 25.0 Å². The summed E-state index contributed by atoms with van der Waals surface area (Å²) in [6, 6.07) is 12.8. The van der Waals surface area contributed by atoms with Crippen molar-refractivity contribution in [1.82, 2.24) is 4.31 Å². The first kappa shape index (κ1) is 27.2. The molecule has 182 valence electrons. The maximum absolute atomic E-state index is 13.2. The normalized spacial score (nSPS) is 12.1. The van der Waals surface area contributed by atoms with E-state index in [1.807, 2.05) is 44.2 Å². The summed E-state index contributed by atoms with van der Waals surface area (Å²) < 4.78 is 38.4.